The van der Waals surface area contributed by atoms with Gasteiger partial charge in [-0.2, -0.15) is 0 Å². The van der Waals surface area contributed by atoms with E-state index >= 15 is 0 Å². The topological polar surface area (TPSA) is 146 Å². The zero-order valence-electron chi connectivity index (χ0n) is 19.9. The number of hydrogen-bond donors (Lipinski definition) is 6. The minimum Gasteiger partial charge on any atom is -0.339 e. The first-order valence-corrected chi connectivity index (χ1v) is 12.2. The number of hydroxylamine groups is 1. The van der Waals surface area contributed by atoms with Gasteiger partial charge in [0.1, 0.15) is 6.04 Å². The molecule has 9 heteroatoms. The highest BCUT2D eigenvalue weighted by Crippen LogP contribution is 2.44. The highest BCUT2D eigenvalue weighted by atomic mass is 16.5. The van der Waals surface area contributed by atoms with Crippen molar-refractivity contribution in [3.05, 3.63) is 65.2 Å². The van der Waals surface area contributed by atoms with Crippen LogP contribution in [0.3, 0.4) is 0 Å². The van der Waals surface area contributed by atoms with E-state index in [1.54, 1.807) is 24.3 Å². The molecule has 2 aromatic rings. The van der Waals surface area contributed by atoms with Gasteiger partial charge >= 0.3 is 0 Å². The Morgan fingerprint density at radius 1 is 0.972 bits per heavy atom. The van der Waals surface area contributed by atoms with Crippen molar-refractivity contribution in [1.82, 2.24) is 16.1 Å². The molecule has 2 bridgehead atoms. The molecule has 2 fully saturated rings. The summed E-state index contributed by atoms with van der Waals surface area (Å²) < 4.78 is 0. The van der Waals surface area contributed by atoms with Crippen molar-refractivity contribution in [2.24, 2.45) is 17.6 Å². The Morgan fingerprint density at radius 3 is 2.19 bits per heavy atom. The Labute approximate surface area is 210 Å². The summed E-state index contributed by atoms with van der Waals surface area (Å²) >= 11 is 0. The lowest BCUT2D eigenvalue weighted by atomic mass is 9.95. The van der Waals surface area contributed by atoms with Gasteiger partial charge in [-0.3, -0.25) is 19.6 Å². The molecule has 0 unspecified atom stereocenters. The van der Waals surface area contributed by atoms with E-state index in [1.807, 2.05) is 24.3 Å². The number of carbonyl (C=O) groups excluding carboxylic acids is 3. The summed E-state index contributed by atoms with van der Waals surface area (Å²) in [6.07, 6.45) is 5.13. The first kappa shape index (κ1) is 25.4. The number of benzene rings is 2. The quantitative estimate of drug-likeness (QED) is 0.188. The van der Waals surface area contributed by atoms with Crippen LogP contribution in [0.4, 0.5) is 5.69 Å². The fraction of sp³-hybridized carbons (Fsp3) is 0.370. The molecule has 188 valence electrons. The van der Waals surface area contributed by atoms with Gasteiger partial charge in [-0.25, -0.2) is 5.48 Å². The van der Waals surface area contributed by atoms with Crippen LogP contribution in [-0.2, 0) is 9.59 Å². The molecule has 3 amide bonds. The smallest absolute Gasteiger partial charge is 0.267 e. The average Bonchev–Trinajstić information content (AvgIpc) is 3.53. The fourth-order valence-electron chi connectivity index (χ4n) is 4.96. The lowest BCUT2D eigenvalue weighted by Crippen LogP contribution is -2.50. The second-order valence-corrected chi connectivity index (χ2v) is 9.35. The van der Waals surface area contributed by atoms with Crippen LogP contribution in [0.2, 0.25) is 0 Å². The lowest BCUT2D eigenvalue weighted by Gasteiger charge is -2.22. The van der Waals surface area contributed by atoms with Gasteiger partial charge < -0.3 is 21.7 Å². The van der Waals surface area contributed by atoms with E-state index in [4.69, 9.17) is 10.9 Å². The predicted octanol–water partition coefficient (Wildman–Crippen LogP) is 1.37. The Morgan fingerprint density at radius 2 is 1.64 bits per heavy atom. The van der Waals surface area contributed by atoms with Crippen molar-refractivity contribution in [2.45, 2.75) is 37.8 Å². The Hall–Kier alpha value is -3.71. The van der Waals surface area contributed by atoms with Crippen molar-refractivity contribution in [1.29, 1.82) is 0 Å². The number of hydrogen-bond acceptors (Lipinski definition) is 6. The molecule has 9 nitrogen and oxygen atoms in total. The van der Waals surface area contributed by atoms with E-state index in [0.717, 1.165) is 23.1 Å². The first-order valence-electron chi connectivity index (χ1n) is 12.2. The third-order valence-corrected chi connectivity index (χ3v) is 6.90. The maximum absolute atomic E-state index is 12.3. The molecule has 2 saturated carbocycles. The second-order valence-electron chi connectivity index (χ2n) is 9.35. The van der Waals surface area contributed by atoms with Crippen molar-refractivity contribution in [3.63, 3.8) is 0 Å². The van der Waals surface area contributed by atoms with Gasteiger partial charge in [0.15, 0.2) is 0 Å². The summed E-state index contributed by atoms with van der Waals surface area (Å²) in [7, 11) is 0. The molecule has 2 aliphatic rings. The highest BCUT2D eigenvalue weighted by molar-refractivity contribution is 5.97. The zero-order valence-corrected chi connectivity index (χ0v) is 19.9. The molecule has 0 heterocycles. The van der Waals surface area contributed by atoms with E-state index in [2.05, 4.69) is 27.8 Å². The van der Waals surface area contributed by atoms with E-state index < -0.39 is 17.9 Å². The van der Waals surface area contributed by atoms with Gasteiger partial charge in [-0.15, -0.1) is 0 Å². The standard InChI is InChI=1S/C27H31N5O4/c28-15-24(27(35)32-36)31-26(34)20-8-3-17(4-9-20)1-2-18-6-11-22(12-7-18)30-25(33)16-29-23-14-19-5-10-21(23)13-19/h3-4,6-9,11-12,19,21,23-24,29,36H,5,10,13-16,28H2,(H,30,33)(H,31,34)(H,32,35)/t19-,21+,23+,24-/m0/s1. The van der Waals surface area contributed by atoms with Crippen LogP contribution in [-0.4, -0.2) is 48.1 Å². The number of nitrogens with one attached hydrogen (secondary N) is 4. The van der Waals surface area contributed by atoms with Gasteiger partial charge in [0.25, 0.3) is 11.8 Å². The minimum atomic E-state index is -1.03. The number of anilines is 1. The van der Waals surface area contributed by atoms with Crippen LogP contribution in [0.5, 0.6) is 0 Å². The first-order chi connectivity index (χ1) is 17.4. The Bertz CT molecular complexity index is 1150. The van der Waals surface area contributed by atoms with Gasteiger partial charge in [-0.1, -0.05) is 18.3 Å². The van der Waals surface area contributed by atoms with E-state index in [9.17, 15) is 14.4 Å². The predicted molar refractivity (Wildman–Crippen MR) is 135 cm³/mol. The summed E-state index contributed by atoms with van der Waals surface area (Å²) in [6.45, 7) is 0.174. The average molecular weight is 490 g/mol. The van der Waals surface area contributed by atoms with Crippen molar-refractivity contribution in [3.8, 4) is 11.8 Å². The molecule has 0 radical (unpaired) electrons. The number of fused-ring (bicyclic) bond motifs is 2. The zero-order chi connectivity index (χ0) is 25.5. The monoisotopic (exact) mass is 489 g/mol. The van der Waals surface area contributed by atoms with Crippen LogP contribution >= 0.6 is 0 Å². The van der Waals surface area contributed by atoms with E-state index in [1.165, 1.54) is 31.2 Å². The summed E-state index contributed by atoms with van der Waals surface area (Å²) in [5, 5.41) is 17.5. The van der Waals surface area contributed by atoms with Gasteiger partial charge in [-0.05, 0) is 79.6 Å². The normalized spacial score (nSPS) is 20.7. The van der Waals surface area contributed by atoms with Crippen LogP contribution in [0.25, 0.3) is 0 Å². The van der Waals surface area contributed by atoms with Gasteiger partial charge in [0, 0.05) is 35.0 Å². The molecule has 0 aliphatic heterocycles. The maximum Gasteiger partial charge on any atom is 0.267 e. The Kier molecular flexibility index (Phi) is 8.33. The molecule has 0 saturated heterocycles. The molecular formula is C27H31N5O4. The molecule has 4 rings (SSSR count). The molecule has 36 heavy (non-hydrogen) atoms. The molecule has 4 atom stereocenters. The third-order valence-electron chi connectivity index (χ3n) is 6.90. The van der Waals surface area contributed by atoms with Gasteiger partial charge in [0.05, 0.1) is 6.54 Å². The van der Waals surface area contributed by atoms with Crippen LogP contribution in [0, 0.1) is 23.7 Å². The lowest BCUT2D eigenvalue weighted by molar-refractivity contribution is -0.130. The maximum atomic E-state index is 12.3. The van der Waals surface area contributed by atoms with Crippen molar-refractivity contribution in [2.75, 3.05) is 18.4 Å². The summed E-state index contributed by atoms with van der Waals surface area (Å²) in [5.74, 6) is 6.35. The number of rotatable bonds is 8. The molecule has 7 N–H and O–H groups in total. The Balaban J connectivity index is 1.26. The molecule has 2 aromatic carbocycles. The van der Waals surface area contributed by atoms with Crippen LogP contribution in [0.1, 0.15) is 47.2 Å². The minimum absolute atomic E-state index is 0.0458. The SMILES string of the molecule is NC[C@H](NC(=O)c1ccc(C#Cc2ccc(NC(=O)CN[C@@H]3C[C@H]4CC[C@@H]3C4)cc2)cc1)C(=O)NO. The third kappa shape index (κ3) is 6.49. The number of carbonyl (C=O) groups is 3. The summed E-state index contributed by atoms with van der Waals surface area (Å²) in [4.78, 5) is 36.0. The number of amides is 3. The van der Waals surface area contributed by atoms with Crippen LogP contribution in [0.15, 0.2) is 48.5 Å². The summed E-state index contributed by atoms with van der Waals surface area (Å²) in [5.41, 5.74) is 9.47. The van der Waals surface area contributed by atoms with Crippen LogP contribution < -0.4 is 27.2 Å². The van der Waals surface area contributed by atoms with Crippen molar-refractivity contribution < 1.29 is 19.6 Å². The second kappa shape index (κ2) is 11.8. The molecule has 0 aromatic heterocycles. The van der Waals surface area contributed by atoms with E-state index in [0.29, 0.717) is 23.7 Å². The molecule has 0 spiro atoms. The molecule has 2 aliphatic carbocycles. The van der Waals surface area contributed by atoms with Gasteiger partial charge in [0.2, 0.25) is 5.91 Å². The molecular weight excluding hydrogens is 458 g/mol. The summed E-state index contributed by atoms with van der Waals surface area (Å²) in [6, 6.07) is 13.3. The van der Waals surface area contributed by atoms with Crippen molar-refractivity contribution >= 4 is 23.4 Å². The number of nitrogens with two attached hydrogens (primary N) is 1. The van der Waals surface area contributed by atoms with E-state index in [-0.39, 0.29) is 12.5 Å². The highest BCUT2D eigenvalue weighted by Gasteiger charge is 2.39. The fourth-order valence-corrected chi connectivity index (χ4v) is 4.96. The largest absolute Gasteiger partial charge is 0.339 e.